The van der Waals surface area contributed by atoms with Gasteiger partial charge in [0, 0.05) is 30.4 Å². The summed E-state index contributed by atoms with van der Waals surface area (Å²) in [5, 5.41) is 19.0. The first-order valence-corrected chi connectivity index (χ1v) is 12.5. The predicted molar refractivity (Wildman–Crippen MR) is 142 cm³/mol. The van der Waals surface area contributed by atoms with Crippen molar-refractivity contribution in [1.29, 1.82) is 0 Å². The minimum Gasteiger partial charge on any atom is -0.493 e. The molecular weight excluding hydrogens is 492 g/mol. The van der Waals surface area contributed by atoms with Crippen molar-refractivity contribution < 1.29 is 28.8 Å². The summed E-state index contributed by atoms with van der Waals surface area (Å²) in [6, 6.07) is 9.53. The van der Waals surface area contributed by atoms with E-state index in [1.54, 1.807) is 31.4 Å². The van der Waals surface area contributed by atoms with Gasteiger partial charge in [-0.2, -0.15) is 0 Å². The maximum atomic E-state index is 13.2. The molecule has 1 saturated carbocycles. The normalized spacial score (nSPS) is 17.3. The van der Waals surface area contributed by atoms with E-state index in [0.29, 0.717) is 17.2 Å². The highest BCUT2D eigenvalue weighted by atomic mass is 16.7. The van der Waals surface area contributed by atoms with Gasteiger partial charge >= 0.3 is 0 Å². The molecule has 1 aliphatic rings. The van der Waals surface area contributed by atoms with Crippen LogP contribution in [-0.4, -0.2) is 54.2 Å². The number of nitrogens with zero attached hydrogens (tertiary/aromatic N) is 2. The van der Waals surface area contributed by atoms with Crippen molar-refractivity contribution in [3.8, 4) is 11.5 Å². The minimum atomic E-state index is -0.524. The van der Waals surface area contributed by atoms with Crippen molar-refractivity contribution in [3.63, 3.8) is 0 Å². The van der Waals surface area contributed by atoms with E-state index < -0.39 is 16.4 Å². The third kappa shape index (κ3) is 7.58. The van der Waals surface area contributed by atoms with Crippen LogP contribution in [0.4, 0.5) is 11.4 Å². The van der Waals surface area contributed by atoms with Crippen LogP contribution in [-0.2, 0) is 16.2 Å². The summed E-state index contributed by atoms with van der Waals surface area (Å²) in [6.07, 6.45) is 3.65. The van der Waals surface area contributed by atoms with Crippen molar-refractivity contribution in [1.82, 2.24) is 10.4 Å². The van der Waals surface area contributed by atoms with Crippen LogP contribution in [0.15, 0.2) is 36.4 Å². The molecule has 0 heterocycles. The number of nitro benzene ring substituents is 1. The maximum Gasteiger partial charge on any atom is 0.270 e. The number of anilines is 1. The molecule has 0 unspecified atom stereocenters. The van der Waals surface area contributed by atoms with Crippen LogP contribution in [0.2, 0.25) is 0 Å². The fraction of sp³-hybridized carbons (Fsp3) is 0.481. The Kier molecular flexibility index (Phi) is 9.51. The lowest BCUT2D eigenvalue weighted by Gasteiger charge is -2.37. The lowest BCUT2D eigenvalue weighted by atomic mass is 9.90. The summed E-state index contributed by atoms with van der Waals surface area (Å²) in [4.78, 5) is 41.4. The number of hydrogen-bond donors (Lipinski definition) is 2. The third-order valence-electron chi connectivity index (χ3n) is 6.26. The van der Waals surface area contributed by atoms with Crippen molar-refractivity contribution >= 4 is 23.7 Å². The summed E-state index contributed by atoms with van der Waals surface area (Å²) in [5.74, 6) is 0.669. The first kappa shape index (κ1) is 28.7. The first-order valence-electron chi connectivity index (χ1n) is 12.5. The van der Waals surface area contributed by atoms with Crippen LogP contribution >= 0.6 is 0 Å². The number of methoxy groups -OCH3 is 2. The topological polar surface area (TPSA) is 132 Å². The molecular formula is C27H36N4O7. The summed E-state index contributed by atoms with van der Waals surface area (Å²) in [5.41, 5.74) is 0.839. The van der Waals surface area contributed by atoms with Crippen molar-refractivity contribution in [2.45, 2.75) is 70.7 Å². The standard InChI is InChI=1S/C27H36N4O7/c1-27(2,3)38-30(17-32)20-9-7-19(8-10-20)29-23-12-11-21(31(34)35)15-22(23)26(33)28-16-18-6-13-24(36-4)25(14-18)37-5/h6,11-15,17,19-20,29H,7-10,16H2,1-5H3,(H,28,33). The van der Waals surface area contributed by atoms with Gasteiger partial charge in [-0.3, -0.25) is 24.5 Å². The number of amides is 2. The molecule has 206 valence electrons. The van der Waals surface area contributed by atoms with Gasteiger partial charge in [0.15, 0.2) is 11.5 Å². The van der Waals surface area contributed by atoms with Gasteiger partial charge in [0.25, 0.3) is 11.6 Å². The Bertz CT molecular complexity index is 1140. The summed E-state index contributed by atoms with van der Waals surface area (Å²) >= 11 is 0. The monoisotopic (exact) mass is 528 g/mol. The molecule has 2 amide bonds. The lowest BCUT2D eigenvalue weighted by Crippen LogP contribution is -2.43. The molecule has 11 heteroatoms. The zero-order valence-electron chi connectivity index (χ0n) is 22.5. The second-order valence-electron chi connectivity index (χ2n) is 10.2. The highest BCUT2D eigenvalue weighted by molar-refractivity contribution is 6.00. The van der Waals surface area contributed by atoms with Crippen LogP contribution in [0, 0.1) is 10.1 Å². The van der Waals surface area contributed by atoms with Gasteiger partial charge in [0.1, 0.15) is 0 Å². The molecule has 0 spiro atoms. The maximum absolute atomic E-state index is 13.2. The molecule has 0 aromatic heterocycles. The van der Waals surface area contributed by atoms with Gasteiger partial charge in [-0.15, -0.1) is 0 Å². The van der Waals surface area contributed by atoms with Crippen molar-refractivity contribution in [2.24, 2.45) is 0 Å². The average molecular weight is 529 g/mol. The van der Waals surface area contributed by atoms with Gasteiger partial charge in [0.05, 0.1) is 36.3 Å². The number of carbonyl (C=O) groups excluding carboxylic acids is 2. The molecule has 1 fully saturated rings. The number of rotatable bonds is 11. The molecule has 0 radical (unpaired) electrons. The number of nitro groups is 1. The van der Waals surface area contributed by atoms with Crippen molar-refractivity contribution in [3.05, 3.63) is 57.6 Å². The first-order chi connectivity index (χ1) is 18.0. The molecule has 2 aromatic carbocycles. The second kappa shape index (κ2) is 12.6. The lowest BCUT2D eigenvalue weighted by molar-refractivity contribution is -0.384. The Hall–Kier alpha value is -3.86. The van der Waals surface area contributed by atoms with Crippen LogP contribution in [0.25, 0.3) is 0 Å². The van der Waals surface area contributed by atoms with Crippen LogP contribution < -0.4 is 20.1 Å². The van der Waals surface area contributed by atoms with Crippen LogP contribution in [0.1, 0.15) is 62.4 Å². The average Bonchev–Trinajstić information content (AvgIpc) is 2.90. The highest BCUT2D eigenvalue weighted by Crippen LogP contribution is 2.30. The molecule has 0 atom stereocenters. The molecule has 38 heavy (non-hydrogen) atoms. The fourth-order valence-electron chi connectivity index (χ4n) is 4.42. The Morgan fingerprint density at radius 1 is 1.08 bits per heavy atom. The largest absolute Gasteiger partial charge is 0.493 e. The number of ether oxygens (including phenoxy) is 2. The van der Waals surface area contributed by atoms with E-state index in [0.717, 1.165) is 37.7 Å². The number of nitrogens with one attached hydrogen (secondary N) is 2. The molecule has 2 aromatic rings. The molecule has 3 rings (SSSR count). The molecule has 11 nitrogen and oxygen atoms in total. The summed E-state index contributed by atoms with van der Waals surface area (Å²) < 4.78 is 10.6. The second-order valence-corrected chi connectivity index (χ2v) is 10.2. The van der Waals surface area contributed by atoms with Gasteiger partial charge in [-0.25, -0.2) is 5.06 Å². The number of hydrogen-bond acceptors (Lipinski definition) is 8. The molecule has 0 saturated heterocycles. The van der Waals surface area contributed by atoms with E-state index in [2.05, 4.69) is 10.6 Å². The molecule has 0 bridgehead atoms. The zero-order valence-corrected chi connectivity index (χ0v) is 22.5. The van der Waals surface area contributed by atoms with Gasteiger partial charge in [0.2, 0.25) is 6.41 Å². The smallest absolute Gasteiger partial charge is 0.270 e. The van der Waals surface area contributed by atoms with Crippen LogP contribution in [0.3, 0.4) is 0 Å². The Morgan fingerprint density at radius 3 is 2.34 bits per heavy atom. The Labute approximate surface area is 222 Å². The fourth-order valence-corrected chi connectivity index (χ4v) is 4.42. The van der Waals surface area contributed by atoms with E-state index in [9.17, 15) is 19.7 Å². The Morgan fingerprint density at radius 2 is 1.76 bits per heavy atom. The highest BCUT2D eigenvalue weighted by Gasteiger charge is 2.29. The van der Waals surface area contributed by atoms with Gasteiger partial charge < -0.3 is 20.1 Å². The SMILES string of the molecule is COc1ccc(CNC(=O)c2cc([N+](=O)[O-])ccc2NC2CCC(N(C=O)OC(C)(C)C)CC2)cc1OC. The quantitative estimate of drug-likeness (QED) is 0.248. The van der Waals surface area contributed by atoms with Gasteiger partial charge in [-0.1, -0.05) is 6.07 Å². The van der Waals surface area contributed by atoms with E-state index in [4.69, 9.17) is 14.3 Å². The summed E-state index contributed by atoms with van der Waals surface area (Å²) in [6.45, 7) is 5.87. The number of benzene rings is 2. The van der Waals surface area contributed by atoms with Crippen molar-refractivity contribution in [2.75, 3.05) is 19.5 Å². The number of non-ortho nitro benzene ring substituents is 1. The van der Waals surface area contributed by atoms with E-state index in [1.807, 2.05) is 20.8 Å². The summed E-state index contributed by atoms with van der Waals surface area (Å²) in [7, 11) is 3.07. The molecule has 1 aliphatic carbocycles. The number of carbonyl (C=O) groups is 2. The molecule has 2 N–H and O–H groups in total. The zero-order chi connectivity index (χ0) is 27.9. The Balaban J connectivity index is 1.70. The third-order valence-corrected chi connectivity index (χ3v) is 6.26. The van der Waals surface area contributed by atoms with E-state index in [1.165, 1.54) is 24.3 Å². The van der Waals surface area contributed by atoms with Crippen LogP contribution in [0.5, 0.6) is 11.5 Å². The number of hydroxylamine groups is 2. The predicted octanol–water partition coefficient (Wildman–Crippen LogP) is 4.45. The van der Waals surface area contributed by atoms with E-state index >= 15 is 0 Å². The minimum absolute atomic E-state index is 0.0354. The molecule has 0 aliphatic heterocycles. The van der Waals surface area contributed by atoms with E-state index in [-0.39, 0.29) is 29.9 Å². The van der Waals surface area contributed by atoms with Gasteiger partial charge in [-0.05, 0) is 70.2 Å².